The van der Waals surface area contributed by atoms with Crippen molar-refractivity contribution in [3.05, 3.63) is 83.5 Å². The van der Waals surface area contributed by atoms with Crippen molar-refractivity contribution in [2.24, 2.45) is 5.14 Å². The van der Waals surface area contributed by atoms with Gasteiger partial charge in [-0.3, -0.25) is 10.0 Å². The highest BCUT2D eigenvalue weighted by Crippen LogP contribution is 2.19. The maximum absolute atomic E-state index is 13.7. The van der Waals surface area contributed by atoms with E-state index < -0.39 is 11.6 Å². The maximum atomic E-state index is 13.7. The molecule has 0 atom stereocenters. The standard InChI is InChI=1S/C21H21F2N5S.CH4/c22-18-9-4-15(12-19(18)23)13-21-25-20(14-27-10-2-1-3-11-27)26-28(21)16-5-7-17(29-24)8-6-16;/h1-2,4-9,12H,3,10-11,13-14,24H2;1H4. The zero-order chi connectivity index (χ0) is 20.2. The van der Waals surface area contributed by atoms with Gasteiger partial charge < -0.3 is 0 Å². The van der Waals surface area contributed by atoms with Gasteiger partial charge in [-0.05, 0) is 60.3 Å². The van der Waals surface area contributed by atoms with E-state index in [9.17, 15) is 8.78 Å². The zero-order valence-electron chi connectivity index (χ0n) is 15.8. The number of nitrogens with two attached hydrogens (primary N) is 1. The zero-order valence-corrected chi connectivity index (χ0v) is 16.6. The Morgan fingerprint density at radius 3 is 2.50 bits per heavy atom. The Morgan fingerprint density at radius 2 is 1.83 bits per heavy atom. The average Bonchev–Trinajstić information content (AvgIpc) is 3.13. The molecule has 0 amide bonds. The molecule has 0 spiro atoms. The van der Waals surface area contributed by atoms with E-state index in [0.29, 0.717) is 30.2 Å². The van der Waals surface area contributed by atoms with Crippen molar-refractivity contribution in [2.75, 3.05) is 13.1 Å². The summed E-state index contributed by atoms with van der Waals surface area (Å²) in [6.07, 6.45) is 5.68. The van der Waals surface area contributed by atoms with Gasteiger partial charge in [-0.1, -0.05) is 25.6 Å². The normalized spacial score (nSPS) is 14.0. The molecule has 0 aliphatic carbocycles. The molecule has 158 valence electrons. The second-order valence-corrected chi connectivity index (χ2v) is 7.60. The molecule has 2 heterocycles. The molecule has 0 bridgehead atoms. The van der Waals surface area contributed by atoms with E-state index in [1.165, 1.54) is 18.0 Å². The van der Waals surface area contributed by atoms with E-state index in [1.54, 1.807) is 10.7 Å². The van der Waals surface area contributed by atoms with Gasteiger partial charge in [0.2, 0.25) is 0 Å². The maximum Gasteiger partial charge on any atom is 0.165 e. The van der Waals surface area contributed by atoms with Gasteiger partial charge in [-0.25, -0.2) is 18.4 Å². The van der Waals surface area contributed by atoms with Crippen molar-refractivity contribution in [3.63, 3.8) is 0 Å². The Morgan fingerprint density at radius 1 is 1.03 bits per heavy atom. The largest absolute Gasteiger partial charge is 0.292 e. The highest BCUT2D eigenvalue weighted by atomic mass is 32.2. The first-order chi connectivity index (χ1) is 14.1. The fraction of sp³-hybridized carbons (Fsp3) is 0.273. The third-order valence-corrected chi connectivity index (χ3v) is 5.33. The highest BCUT2D eigenvalue weighted by Gasteiger charge is 2.16. The number of hydrogen-bond acceptors (Lipinski definition) is 5. The van der Waals surface area contributed by atoms with E-state index >= 15 is 0 Å². The van der Waals surface area contributed by atoms with Gasteiger partial charge in [-0.2, -0.15) is 0 Å². The smallest absolute Gasteiger partial charge is 0.165 e. The van der Waals surface area contributed by atoms with E-state index in [2.05, 4.69) is 17.1 Å². The van der Waals surface area contributed by atoms with E-state index in [0.717, 1.165) is 36.2 Å². The second-order valence-electron chi connectivity index (χ2n) is 6.89. The Hall–Kier alpha value is -2.55. The minimum Gasteiger partial charge on any atom is -0.292 e. The summed E-state index contributed by atoms with van der Waals surface area (Å²) in [6.45, 7) is 2.47. The number of nitrogens with zero attached hydrogens (tertiary/aromatic N) is 4. The van der Waals surface area contributed by atoms with Crippen LogP contribution >= 0.6 is 11.9 Å². The molecule has 2 N–H and O–H groups in total. The van der Waals surface area contributed by atoms with Crippen LogP contribution in [0, 0.1) is 11.6 Å². The van der Waals surface area contributed by atoms with Gasteiger partial charge >= 0.3 is 0 Å². The fourth-order valence-corrected chi connectivity index (χ4v) is 3.60. The van der Waals surface area contributed by atoms with E-state index in [4.69, 9.17) is 15.2 Å². The number of halogens is 2. The number of aromatic nitrogens is 3. The first-order valence-electron chi connectivity index (χ1n) is 9.35. The van der Waals surface area contributed by atoms with Crippen LogP contribution in [0.3, 0.4) is 0 Å². The lowest BCUT2D eigenvalue weighted by Gasteiger charge is -2.20. The molecule has 3 aromatic rings. The van der Waals surface area contributed by atoms with Crippen LogP contribution in [-0.4, -0.2) is 32.8 Å². The predicted octanol–water partition coefficient (Wildman–Crippen LogP) is 4.50. The van der Waals surface area contributed by atoms with Crippen LogP contribution < -0.4 is 5.14 Å². The molecule has 30 heavy (non-hydrogen) atoms. The summed E-state index contributed by atoms with van der Waals surface area (Å²) in [4.78, 5) is 7.92. The Balaban J connectivity index is 0.00000256. The molecule has 0 fully saturated rings. The molecule has 8 heteroatoms. The lowest BCUT2D eigenvalue weighted by atomic mass is 10.1. The minimum atomic E-state index is -0.863. The van der Waals surface area contributed by atoms with Gasteiger partial charge in [0.15, 0.2) is 17.5 Å². The highest BCUT2D eigenvalue weighted by molar-refractivity contribution is 7.97. The summed E-state index contributed by atoms with van der Waals surface area (Å²) in [5.74, 6) is -0.344. The van der Waals surface area contributed by atoms with Crippen molar-refractivity contribution >= 4 is 11.9 Å². The number of benzene rings is 2. The van der Waals surface area contributed by atoms with Crippen LogP contribution in [-0.2, 0) is 13.0 Å². The quantitative estimate of drug-likeness (QED) is 0.462. The van der Waals surface area contributed by atoms with Crippen LogP contribution in [0.25, 0.3) is 5.69 Å². The Bertz CT molecular complexity index is 1020. The molecule has 1 aliphatic heterocycles. The van der Waals surface area contributed by atoms with Crippen molar-refractivity contribution in [1.29, 1.82) is 0 Å². The number of hydrogen-bond donors (Lipinski definition) is 1. The van der Waals surface area contributed by atoms with Gasteiger partial charge in [0, 0.05) is 24.4 Å². The summed E-state index contributed by atoms with van der Waals surface area (Å²) in [5.41, 5.74) is 1.48. The van der Waals surface area contributed by atoms with Crippen molar-refractivity contribution in [3.8, 4) is 5.69 Å². The average molecular weight is 430 g/mol. The van der Waals surface area contributed by atoms with Crippen molar-refractivity contribution < 1.29 is 8.78 Å². The van der Waals surface area contributed by atoms with E-state index in [1.807, 2.05) is 24.3 Å². The molecular formula is C22H25F2N5S. The first-order valence-corrected chi connectivity index (χ1v) is 10.2. The third-order valence-electron chi connectivity index (χ3n) is 4.79. The molecule has 1 aromatic heterocycles. The fourth-order valence-electron chi connectivity index (χ4n) is 3.31. The van der Waals surface area contributed by atoms with Crippen LogP contribution in [0.2, 0.25) is 0 Å². The summed E-state index contributed by atoms with van der Waals surface area (Å²) in [7, 11) is 0. The van der Waals surface area contributed by atoms with Gasteiger partial charge in [-0.15, -0.1) is 5.10 Å². The van der Waals surface area contributed by atoms with Crippen molar-refractivity contribution in [1.82, 2.24) is 19.7 Å². The van der Waals surface area contributed by atoms with Crippen LogP contribution in [0.4, 0.5) is 8.78 Å². The lowest BCUT2D eigenvalue weighted by Crippen LogP contribution is -2.27. The molecule has 5 nitrogen and oxygen atoms in total. The predicted molar refractivity (Wildman–Crippen MR) is 116 cm³/mol. The number of rotatable bonds is 6. The monoisotopic (exact) mass is 429 g/mol. The Labute approximate surface area is 179 Å². The summed E-state index contributed by atoms with van der Waals surface area (Å²) < 4.78 is 28.7. The third kappa shape index (κ3) is 5.13. The summed E-state index contributed by atoms with van der Waals surface area (Å²) in [6, 6.07) is 11.6. The molecule has 0 unspecified atom stereocenters. The van der Waals surface area contributed by atoms with Gasteiger partial charge in [0.25, 0.3) is 0 Å². The first kappa shape index (κ1) is 22.1. The molecule has 0 radical (unpaired) electrons. The summed E-state index contributed by atoms with van der Waals surface area (Å²) >= 11 is 1.18. The van der Waals surface area contributed by atoms with Crippen LogP contribution in [0.15, 0.2) is 59.5 Å². The van der Waals surface area contributed by atoms with E-state index in [-0.39, 0.29) is 7.43 Å². The molecular weight excluding hydrogens is 404 g/mol. The minimum absolute atomic E-state index is 0. The summed E-state index contributed by atoms with van der Waals surface area (Å²) in [5, 5.41) is 10.3. The second kappa shape index (κ2) is 9.97. The topological polar surface area (TPSA) is 60.0 Å². The molecule has 0 saturated heterocycles. The molecule has 0 saturated carbocycles. The molecule has 1 aliphatic rings. The SMILES string of the molecule is C.NSc1ccc(-n2nc(CN3CC=CCC3)nc2Cc2ccc(F)c(F)c2)cc1. The molecule has 2 aromatic carbocycles. The Kier molecular flexibility index (Phi) is 7.36. The van der Waals surface area contributed by atoms with Gasteiger partial charge in [0.05, 0.1) is 12.2 Å². The van der Waals surface area contributed by atoms with Gasteiger partial charge in [0.1, 0.15) is 5.82 Å². The molecule has 4 rings (SSSR count). The van der Waals surface area contributed by atoms with Crippen LogP contribution in [0.5, 0.6) is 0 Å². The lowest BCUT2D eigenvalue weighted by molar-refractivity contribution is 0.283. The van der Waals surface area contributed by atoms with Crippen LogP contribution in [0.1, 0.15) is 31.1 Å². The van der Waals surface area contributed by atoms with Crippen molar-refractivity contribution in [2.45, 2.75) is 31.7 Å².